The smallest absolute Gasteiger partial charge is 0.251 e. The molecule has 3 nitrogen and oxygen atoms in total. The van der Waals surface area contributed by atoms with Crippen LogP contribution in [0.3, 0.4) is 0 Å². The SMILES string of the molecule is Cc1ccc(C(=O)NCC2CCCCC2CO)cc1C. The van der Waals surface area contributed by atoms with E-state index in [2.05, 4.69) is 5.32 Å². The Morgan fingerprint density at radius 2 is 1.90 bits per heavy atom. The summed E-state index contributed by atoms with van der Waals surface area (Å²) in [6.45, 7) is 4.99. The molecule has 0 aromatic heterocycles. The molecule has 0 heterocycles. The first-order valence-corrected chi connectivity index (χ1v) is 7.58. The molecule has 0 spiro atoms. The van der Waals surface area contributed by atoms with Crippen molar-refractivity contribution >= 4 is 5.91 Å². The molecule has 1 fully saturated rings. The number of hydrogen-bond acceptors (Lipinski definition) is 2. The lowest BCUT2D eigenvalue weighted by molar-refractivity contribution is 0.0909. The van der Waals surface area contributed by atoms with Gasteiger partial charge in [-0.2, -0.15) is 0 Å². The Labute approximate surface area is 121 Å². The van der Waals surface area contributed by atoms with Crippen molar-refractivity contribution in [2.24, 2.45) is 11.8 Å². The van der Waals surface area contributed by atoms with Gasteiger partial charge in [-0.3, -0.25) is 4.79 Å². The Balaban J connectivity index is 1.92. The third-order valence-corrected chi connectivity index (χ3v) is 4.59. The van der Waals surface area contributed by atoms with Gasteiger partial charge in [0, 0.05) is 18.7 Å². The maximum Gasteiger partial charge on any atom is 0.251 e. The highest BCUT2D eigenvalue weighted by Gasteiger charge is 2.24. The van der Waals surface area contributed by atoms with E-state index < -0.39 is 0 Å². The summed E-state index contributed by atoms with van der Waals surface area (Å²) in [5.41, 5.74) is 3.07. The number of amides is 1. The molecule has 2 rings (SSSR count). The van der Waals surface area contributed by atoms with Crippen LogP contribution in [0.5, 0.6) is 0 Å². The van der Waals surface area contributed by atoms with Crippen LogP contribution in [0.4, 0.5) is 0 Å². The Hall–Kier alpha value is -1.35. The van der Waals surface area contributed by atoms with Crippen molar-refractivity contribution in [3.05, 3.63) is 34.9 Å². The fraction of sp³-hybridized carbons (Fsp3) is 0.588. The molecule has 20 heavy (non-hydrogen) atoms. The number of aliphatic hydroxyl groups is 1. The van der Waals surface area contributed by atoms with Gasteiger partial charge < -0.3 is 10.4 Å². The zero-order valence-corrected chi connectivity index (χ0v) is 12.5. The maximum absolute atomic E-state index is 12.2. The highest BCUT2D eigenvalue weighted by atomic mass is 16.3. The van der Waals surface area contributed by atoms with Crippen molar-refractivity contribution in [3.63, 3.8) is 0 Å². The molecule has 1 saturated carbocycles. The van der Waals surface area contributed by atoms with E-state index in [0.717, 1.165) is 24.0 Å². The van der Waals surface area contributed by atoms with Gasteiger partial charge in [-0.25, -0.2) is 0 Å². The van der Waals surface area contributed by atoms with Crippen LogP contribution in [0.1, 0.15) is 47.2 Å². The predicted octanol–water partition coefficient (Wildman–Crippen LogP) is 2.83. The van der Waals surface area contributed by atoms with Crippen molar-refractivity contribution in [1.82, 2.24) is 5.32 Å². The van der Waals surface area contributed by atoms with E-state index in [1.54, 1.807) is 0 Å². The standard InChI is InChI=1S/C17H25NO2/c1-12-7-8-14(9-13(12)2)17(20)18-10-15-5-3-4-6-16(15)11-19/h7-9,15-16,19H,3-6,10-11H2,1-2H3,(H,18,20). The monoisotopic (exact) mass is 275 g/mol. The van der Waals surface area contributed by atoms with Gasteiger partial charge in [-0.1, -0.05) is 18.9 Å². The van der Waals surface area contributed by atoms with E-state index >= 15 is 0 Å². The minimum absolute atomic E-state index is 0.00429. The van der Waals surface area contributed by atoms with E-state index in [9.17, 15) is 9.90 Å². The van der Waals surface area contributed by atoms with Gasteiger partial charge in [0.25, 0.3) is 5.91 Å². The molecule has 3 heteroatoms. The zero-order valence-electron chi connectivity index (χ0n) is 12.5. The van der Waals surface area contributed by atoms with Gasteiger partial charge in [0.05, 0.1) is 0 Å². The molecule has 2 unspecified atom stereocenters. The van der Waals surface area contributed by atoms with E-state index in [1.807, 2.05) is 32.0 Å². The summed E-state index contributed by atoms with van der Waals surface area (Å²) in [5.74, 6) is 0.767. The number of benzene rings is 1. The van der Waals surface area contributed by atoms with Crippen LogP contribution in [-0.4, -0.2) is 24.2 Å². The molecule has 2 atom stereocenters. The molecule has 1 amide bonds. The molecule has 0 saturated heterocycles. The summed E-state index contributed by atoms with van der Waals surface area (Å²) in [6.07, 6.45) is 4.60. The first-order valence-electron chi connectivity index (χ1n) is 7.58. The molecule has 1 aliphatic carbocycles. The van der Waals surface area contributed by atoms with Crippen molar-refractivity contribution in [2.45, 2.75) is 39.5 Å². The van der Waals surface area contributed by atoms with E-state index in [0.29, 0.717) is 18.4 Å². The number of carbonyl (C=O) groups excluding carboxylic acids is 1. The zero-order chi connectivity index (χ0) is 14.5. The van der Waals surface area contributed by atoms with Crippen LogP contribution in [-0.2, 0) is 0 Å². The average molecular weight is 275 g/mol. The van der Waals surface area contributed by atoms with E-state index in [-0.39, 0.29) is 12.5 Å². The fourth-order valence-corrected chi connectivity index (χ4v) is 3.00. The molecular formula is C17H25NO2. The first kappa shape index (κ1) is 15.0. The summed E-state index contributed by atoms with van der Waals surface area (Å²) in [7, 11) is 0. The van der Waals surface area contributed by atoms with Gasteiger partial charge in [0.1, 0.15) is 0 Å². The average Bonchev–Trinajstić information content (AvgIpc) is 2.47. The van der Waals surface area contributed by atoms with Crippen molar-refractivity contribution < 1.29 is 9.90 Å². The van der Waals surface area contributed by atoms with Crippen molar-refractivity contribution in [2.75, 3.05) is 13.2 Å². The van der Waals surface area contributed by atoms with Crippen LogP contribution in [0.15, 0.2) is 18.2 Å². The number of carbonyl (C=O) groups is 1. The van der Waals surface area contributed by atoms with Gasteiger partial charge in [0.2, 0.25) is 0 Å². The second kappa shape index (κ2) is 6.89. The molecule has 2 N–H and O–H groups in total. The largest absolute Gasteiger partial charge is 0.396 e. The molecule has 0 bridgehead atoms. The van der Waals surface area contributed by atoms with Crippen LogP contribution in [0, 0.1) is 25.7 Å². The number of hydrogen-bond donors (Lipinski definition) is 2. The molecule has 1 aromatic carbocycles. The van der Waals surface area contributed by atoms with Crippen molar-refractivity contribution in [1.29, 1.82) is 0 Å². The summed E-state index contributed by atoms with van der Waals surface area (Å²) in [5, 5.41) is 12.4. The Morgan fingerprint density at radius 3 is 2.55 bits per heavy atom. The Morgan fingerprint density at radius 1 is 1.20 bits per heavy atom. The number of aryl methyl sites for hydroxylation is 2. The van der Waals surface area contributed by atoms with Crippen LogP contribution >= 0.6 is 0 Å². The minimum atomic E-state index is -0.00429. The topological polar surface area (TPSA) is 49.3 Å². The lowest BCUT2D eigenvalue weighted by atomic mass is 9.79. The third kappa shape index (κ3) is 3.60. The van der Waals surface area contributed by atoms with Gasteiger partial charge >= 0.3 is 0 Å². The van der Waals surface area contributed by atoms with E-state index in [4.69, 9.17) is 0 Å². The van der Waals surface area contributed by atoms with Gasteiger partial charge in [-0.15, -0.1) is 0 Å². The second-order valence-electron chi connectivity index (χ2n) is 6.00. The highest BCUT2D eigenvalue weighted by Crippen LogP contribution is 2.29. The third-order valence-electron chi connectivity index (χ3n) is 4.59. The molecular weight excluding hydrogens is 250 g/mol. The van der Waals surface area contributed by atoms with E-state index in [1.165, 1.54) is 18.4 Å². The molecule has 110 valence electrons. The van der Waals surface area contributed by atoms with Gasteiger partial charge in [-0.05, 0) is 61.8 Å². The van der Waals surface area contributed by atoms with Crippen molar-refractivity contribution in [3.8, 4) is 0 Å². The highest BCUT2D eigenvalue weighted by molar-refractivity contribution is 5.94. The summed E-state index contributed by atoms with van der Waals surface area (Å²) < 4.78 is 0. The Kier molecular flexibility index (Phi) is 5.18. The maximum atomic E-state index is 12.2. The lowest BCUT2D eigenvalue weighted by Gasteiger charge is -2.30. The first-order chi connectivity index (χ1) is 9.61. The number of rotatable bonds is 4. The lowest BCUT2D eigenvalue weighted by Crippen LogP contribution is -2.35. The molecule has 1 aromatic rings. The number of aliphatic hydroxyl groups excluding tert-OH is 1. The summed E-state index contributed by atoms with van der Waals surface area (Å²) >= 11 is 0. The summed E-state index contributed by atoms with van der Waals surface area (Å²) in [4.78, 5) is 12.2. The second-order valence-corrected chi connectivity index (χ2v) is 6.00. The van der Waals surface area contributed by atoms with Crippen LogP contribution in [0.2, 0.25) is 0 Å². The fourth-order valence-electron chi connectivity index (χ4n) is 3.00. The molecule has 0 radical (unpaired) electrons. The Bertz CT molecular complexity index is 470. The van der Waals surface area contributed by atoms with Crippen LogP contribution < -0.4 is 5.32 Å². The predicted molar refractivity (Wildman–Crippen MR) is 80.8 cm³/mol. The van der Waals surface area contributed by atoms with Crippen LogP contribution in [0.25, 0.3) is 0 Å². The quantitative estimate of drug-likeness (QED) is 0.887. The van der Waals surface area contributed by atoms with Gasteiger partial charge in [0.15, 0.2) is 0 Å². The summed E-state index contributed by atoms with van der Waals surface area (Å²) in [6, 6.07) is 5.80. The number of nitrogens with one attached hydrogen (secondary N) is 1. The normalized spacial score (nSPS) is 22.6. The molecule has 0 aliphatic heterocycles. The molecule has 1 aliphatic rings. The minimum Gasteiger partial charge on any atom is -0.396 e.